The van der Waals surface area contributed by atoms with E-state index < -0.39 is 0 Å². The van der Waals surface area contributed by atoms with Gasteiger partial charge in [-0.1, -0.05) is 13.8 Å². The Labute approximate surface area is 67.1 Å². The van der Waals surface area contributed by atoms with Crippen LogP contribution in [0.1, 0.15) is 13.8 Å². The Balaban J connectivity index is 2.43. The molecule has 0 saturated heterocycles. The van der Waals surface area contributed by atoms with Crippen molar-refractivity contribution in [2.75, 3.05) is 6.54 Å². The molecular formula is C8H14N2O. The van der Waals surface area contributed by atoms with Crippen molar-refractivity contribution in [1.29, 1.82) is 0 Å². The van der Waals surface area contributed by atoms with Gasteiger partial charge in [0.05, 0.1) is 0 Å². The average molecular weight is 154 g/mol. The normalized spacial score (nSPS) is 22.5. The van der Waals surface area contributed by atoms with Gasteiger partial charge in [-0.25, -0.2) is 0 Å². The zero-order chi connectivity index (χ0) is 8.27. The fraction of sp³-hybridized carbons (Fsp3) is 0.625. The number of nitrogens with one attached hydrogen (secondary N) is 1. The molecular weight excluding hydrogens is 140 g/mol. The monoisotopic (exact) mass is 154 g/mol. The lowest BCUT2D eigenvalue weighted by molar-refractivity contribution is -0.111. The lowest BCUT2D eigenvalue weighted by atomic mass is 10.2. The number of hydrogen-bond acceptors (Lipinski definition) is 3. The predicted molar refractivity (Wildman–Crippen MR) is 43.7 cm³/mol. The minimum absolute atomic E-state index is 0.141. The molecule has 3 nitrogen and oxygen atoms in total. The van der Waals surface area contributed by atoms with Crippen molar-refractivity contribution in [3.8, 4) is 0 Å². The summed E-state index contributed by atoms with van der Waals surface area (Å²) in [5, 5.41) is 2.94. The van der Waals surface area contributed by atoms with Gasteiger partial charge in [0, 0.05) is 18.9 Å². The van der Waals surface area contributed by atoms with Crippen LogP contribution in [0.5, 0.6) is 0 Å². The van der Waals surface area contributed by atoms with Gasteiger partial charge in [-0.2, -0.15) is 0 Å². The molecule has 1 unspecified atom stereocenters. The number of aldehydes is 1. The topological polar surface area (TPSA) is 32.3 Å². The maximum Gasteiger partial charge on any atom is 0.162 e. The van der Waals surface area contributed by atoms with Crippen LogP contribution in [0.2, 0.25) is 0 Å². The first-order valence-electron chi connectivity index (χ1n) is 3.88. The Kier molecular flexibility index (Phi) is 2.52. The minimum atomic E-state index is -0.141. The summed E-state index contributed by atoms with van der Waals surface area (Å²) >= 11 is 0. The predicted octanol–water partition coefficient (Wildman–Crippen LogP) is 0.544. The fourth-order valence-electron chi connectivity index (χ4n) is 1.14. The highest BCUT2D eigenvalue weighted by atomic mass is 16.1. The summed E-state index contributed by atoms with van der Waals surface area (Å²) in [5.74, 6) is 0.585. The van der Waals surface area contributed by atoms with E-state index in [0.29, 0.717) is 5.92 Å². The van der Waals surface area contributed by atoms with Crippen LogP contribution in [0.15, 0.2) is 12.4 Å². The molecule has 0 fully saturated rings. The molecule has 1 aliphatic rings. The van der Waals surface area contributed by atoms with Crippen LogP contribution in [0.25, 0.3) is 0 Å². The van der Waals surface area contributed by atoms with Crippen molar-refractivity contribution >= 4 is 6.29 Å². The lowest BCUT2D eigenvalue weighted by Gasteiger charge is -2.22. The van der Waals surface area contributed by atoms with Gasteiger partial charge >= 0.3 is 0 Å². The van der Waals surface area contributed by atoms with Gasteiger partial charge in [0.15, 0.2) is 12.5 Å². The van der Waals surface area contributed by atoms with E-state index >= 15 is 0 Å². The molecule has 0 aromatic heterocycles. The van der Waals surface area contributed by atoms with Crippen LogP contribution in [0, 0.1) is 5.92 Å². The van der Waals surface area contributed by atoms with Crippen molar-refractivity contribution in [2.45, 2.75) is 20.0 Å². The molecule has 1 heterocycles. The third-order valence-electron chi connectivity index (χ3n) is 1.60. The summed E-state index contributed by atoms with van der Waals surface area (Å²) in [6, 6.07) is 0. The Morgan fingerprint density at radius 2 is 2.45 bits per heavy atom. The molecule has 62 valence electrons. The minimum Gasteiger partial charge on any atom is -0.364 e. The molecule has 0 aliphatic carbocycles. The molecule has 3 heteroatoms. The number of rotatable bonds is 3. The summed E-state index contributed by atoms with van der Waals surface area (Å²) in [7, 11) is 0. The van der Waals surface area contributed by atoms with Gasteiger partial charge < -0.3 is 10.2 Å². The molecule has 0 radical (unpaired) electrons. The second kappa shape index (κ2) is 3.42. The Hall–Kier alpha value is -0.990. The Morgan fingerprint density at radius 3 is 3.00 bits per heavy atom. The quantitative estimate of drug-likeness (QED) is 0.602. The summed E-state index contributed by atoms with van der Waals surface area (Å²) in [5.41, 5.74) is 0. The first-order valence-corrected chi connectivity index (χ1v) is 3.88. The highest BCUT2D eigenvalue weighted by molar-refractivity contribution is 5.58. The molecule has 0 spiro atoms. The van der Waals surface area contributed by atoms with E-state index in [9.17, 15) is 4.79 Å². The summed E-state index contributed by atoms with van der Waals surface area (Å²) in [4.78, 5) is 12.5. The van der Waals surface area contributed by atoms with E-state index in [1.54, 1.807) is 6.20 Å². The van der Waals surface area contributed by atoms with E-state index in [1.807, 2.05) is 11.1 Å². The summed E-state index contributed by atoms with van der Waals surface area (Å²) < 4.78 is 0. The van der Waals surface area contributed by atoms with Gasteiger partial charge in [-0.15, -0.1) is 0 Å². The standard InChI is InChI=1S/C8H14N2O/c1-7(2)5-10-4-3-9-8(10)6-11/h3-4,6-9H,5H2,1-2H3. The third kappa shape index (κ3) is 1.97. The van der Waals surface area contributed by atoms with Gasteiger partial charge in [0.25, 0.3) is 0 Å². The Bertz CT molecular complexity index is 165. The number of carbonyl (C=O) groups excluding carboxylic acids is 1. The van der Waals surface area contributed by atoms with Crippen molar-refractivity contribution in [1.82, 2.24) is 10.2 Å². The molecule has 0 saturated carbocycles. The summed E-state index contributed by atoms with van der Waals surface area (Å²) in [6.45, 7) is 5.19. The number of nitrogens with zero attached hydrogens (tertiary/aromatic N) is 1. The molecule has 11 heavy (non-hydrogen) atoms. The molecule has 1 rings (SSSR count). The maximum atomic E-state index is 10.5. The summed E-state index contributed by atoms with van der Waals surface area (Å²) in [6.07, 6.45) is 4.50. The van der Waals surface area contributed by atoms with E-state index in [-0.39, 0.29) is 6.17 Å². The first kappa shape index (κ1) is 8.11. The Morgan fingerprint density at radius 1 is 1.73 bits per heavy atom. The van der Waals surface area contributed by atoms with Crippen molar-refractivity contribution in [2.24, 2.45) is 5.92 Å². The SMILES string of the molecule is CC(C)CN1C=CNC1C=O. The first-order chi connectivity index (χ1) is 5.24. The largest absolute Gasteiger partial charge is 0.364 e. The zero-order valence-corrected chi connectivity index (χ0v) is 6.95. The fourth-order valence-corrected chi connectivity index (χ4v) is 1.14. The molecule has 0 amide bonds. The molecule has 1 aliphatic heterocycles. The van der Waals surface area contributed by atoms with Gasteiger partial charge in [0.1, 0.15) is 0 Å². The van der Waals surface area contributed by atoms with Crippen molar-refractivity contribution in [3.63, 3.8) is 0 Å². The maximum absolute atomic E-state index is 10.5. The van der Waals surface area contributed by atoms with Crippen LogP contribution >= 0.6 is 0 Å². The highest BCUT2D eigenvalue weighted by Gasteiger charge is 2.17. The van der Waals surface area contributed by atoms with E-state index in [4.69, 9.17) is 0 Å². The molecule has 1 N–H and O–H groups in total. The second-order valence-electron chi connectivity index (χ2n) is 3.15. The van der Waals surface area contributed by atoms with Crippen LogP contribution in [0.3, 0.4) is 0 Å². The second-order valence-corrected chi connectivity index (χ2v) is 3.15. The number of hydrogen-bond donors (Lipinski definition) is 1. The number of carbonyl (C=O) groups is 1. The molecule has 0 aromatic carbocycles. The van der Waals surface area contributed by atoms with Crippen LogP contribution in [-0.2, 0) is 4.79 Å². The zero-order valence-electron chi connectivity index (χ0n) is 6.95. The van der Waals surface area contributed by atoms with Crippen molar-refractivity contribution < 1.29 is 4.79 Å². The molecule has 0 bridgehead atoms. The third-order valence-corrected chi connectivity index (χ3v) is 1.60. The molecule has 0 aromatic rings. The highest BCUT2D eigenvalue weighted by Crippen LogP contribution is 2.06. The average Bonchev–Trinajstić information content (AvgIpc) is 2.34. The van der Waals surface area contributed by atoms with Gasteiger partial charge in [-0.3, -0.25) is 4.79 Å². The van der Waals surface area contributed by atoms with Crippen LogP contribution < -0.4 is 5.32 Å². The van der Waals surface area contributed by atoms with E-state index in [1.165, 1.54) is 0 Å². The van der Waals surface area contributed by atoms with Gasteiger partial charge in [-0.05, 0) is 5.92 Å². The smallest absolute Gasteiger partial charge is 0.162 e. The van der Waals surface area contributed by atoms with Crippen LogP contribution in [-0.4, -0.2) is 23.9 Å². The molecule has 1 atom stereocenters. The van der Waals surface area contributed by atoms with Gasteiger partial charge in [0.2, 0.25) is 0 Å². The van der Waals surface area contributed by atoms with Crippen LogP contribution in [0.4, 0.5) is 0 Å². The van der Waals surface area contributed by atoms with E-state index in [0.717, 1.165) is 12.8 Å². The lowest BCUT2D eigenvalue weighted by Crippen LogP contribution is -2.38. The van der Waals surface area contributed by atoms with Crippen molar-refractivity contribution in [3.05, 3.63) is 12.4 Å². The van der Waals surface area contributed by atoms with E-state index in [2.05, 4.69) is 19.2 Å².